The molecule has 0 bridgehead atoms. The van der Waals surface area contributed by atoms with Crippen molar-refractivity contribution in [2.45, 2.75) is 36.1 Å². The lowest BCUT2D eigenvalue weighted by molar-refractivity contribution is -0.135. The Kier molecular flexibility index (Phi) is 6.28. The molecule has 0 aliphatic carbocycles. The van der Waals surface area contributed by atoms with Crippen molar-refractivity contribution in [3.8, 4) is 0 Å². The van der Waals surface area contributed by atoms with E-state index in [2.05, 4.69) is 4.98 Å². The molecule has 1 amide bonds. The molecule has 2 heterocycles. The second-order valence-electron chi connectivity index (χ2n) is 6.29. The molecule has 26 heavy (non-hydrogen) atoms. The molecular weight excluding hydrogens is 348 g/mol. The van der Waals surface area contributed by atoms with Gasteiger partial charge in [-0.1, -0.05) is 29.5 Å². The van der Waals surface area contributed by atoms with Crippen LogP contribution in [0.4, 0.5) is 0 Å². The van der Waals surface area contributed by atoms with Gasteiger partial charge in [-0.05, 0) is 50.5 Å². The lowest BCUT2D eigenvalue weighted by atomic mass is 10.1. The fourth-order valence-electron chi connectivity index (χ4n) is 2.79. The Balaban J connectivity index is 1.63. The van der Waals surface area contributed by atoms with Crippen molar-refractivity contribution in [3.63, 3.8) is 0 Å². The lowest BCUT2D eigenvalue weighted by Crippen LogP contribution is -2.38. The number of esters is 1. The van der Waals surface area contributed by atoms with Crippen LogP contribution in [0.2, 0.25) is 0 Å². The van der Waals surface area contributed by atoms with E-state index >= 15 is 0 Å². The van der Waals surface area contributed by atoms with Crippen LogP contribution in [0.15, 0.2) is 52.5 Å². The third kappa shape index (κ3) is 4.85. The summed E-state index contributed by atoms with van der Waals surface area (Å²) in [6.45, 7) is 3.30. The van der Waals surface area contributed by atoms with Gasteiger partial charge in [0, 0.05) is 24.2 Å². The molecule has 1 saturated heterocycles. The van der Waals surface area contributed by atoms with Gasteiger partial charge in [0.05, 0.1) is 5.56 Å². The topological polar surface area (TPSA) is 59.5 Å². The smallest absolute Gasteiger partial charge is 0.341 e. The van der Waals surface area contributed by atoms with Gasteiger partial charge in [0.2, 0.25) is 0 Å². The summed E-state index contributed by atoms with van der Waals surface area (Å²) >= 11 is 1.41. The third-order valence-electron chi connectivity index (χ3n) is 4.26. The number of hydrogen-bond donors (Lipinski definition) is 0. The van der Waals surface area contributed by atoms with Crippen LogP contribution < -0.4 is 0 Å². The first kappa shape index (κ1) is 18.5. The maximum Gasteiger partial charge on any atom is 0.341 e. The van der Waals surface area contributed by atoms with Crippen molar-refractivity contribution >= 4 is 23.6 Å². The molecule has 1 aliphatic heterocycles. The van der Waals surface area contributed by atoms with Gasteiger partial charge < -0.3 is 9.64 Å². The van der Waals surface area contributed by atoms with Gasteiger partial charge in [0.15, 0.2) is 6.61 Å². The number of piperidine rings is 1. The van der Waals surface area contributed by atoms with Gasteiger partial charge >= 0.3 is 5.97 Å². The quantitative estimate of drug-likeness (QED) is 0.751. The van der Waals surface area contributed by atoms with E-state index in [0.717, 1.165) is 37.2 Å². The fourth-order valence-corrected chi connectivity index (χ4v) is 3.66. The summed E-state index contributed by atoms with van der Waals surface area (Å²) in [5.41, 5.74) is 1.55. The highest BCUT2D eigenvalue weighted by atomic mass is 32.2. The maximum atomic E-state index is 12.5. The van der Waals surface area contributed by atoms with Crippen LogP contribution in [0.3, 0.4) is 0 Å². The molecule has 1 aromatic heterocycles. The van der Waals surface area contributed by atoms with Crippen molar-refractivity contribution in [2.24, 2.45) is 0 Å². The van der Waals surface area contributed by atoms with Crippen molar-refractivity contribution in [1.82, 2.24) is 9.88 Å². The molecule has 0 spiro atoms. The highest BCUT2D eigenvalue weighted by Crippen LogP contribution is 2.29. The number of rotatable bonds is 5. The molecule has 3 rings (SSSR count). The van der Waals surface area contributed by atoms with Crippen molar-refractivity contribution in [3.05, 3.63) is 53.7 Å². The molecule has 0 atom stereocenters. The second kappa shape index (κ2) is 8.85. The van der Waals surface area contributed by atoms with E-state index in [-0.39, 0.29) is 12.5 Å². The van der Waals surface area contributed by atoms with Crippen LogP contribution in [0.25, 0.3) is 0 Å². The first-order valence-corrected chi connectivity index (χ1v) is 9.59. The van der Waals surface area contributed by atoms with E-state index in [1.807, 2.05) is 31.2 Å². The summed E-state index contributed by atoms with van der Waals surface area (Å²) in [4.78, 5) is 31.7. The summed E-state index contributed by atoms with van der Waals surface area (Å²) < 4.78 is 5.26. The SMILES string of the molecule is Cc1ccc(Sc2ncccc2C(=O)OCC(=O)N2CCCCC2)cc1. The molecule has 0 radical (unpaired) electrons. The van der Waals surface area contributed by atoms with Crippen LogP contribution >= 0.6 is 11.8 Å². The van der Waals surface area contributed by atoms with Crippen LogP contribution in [0, 0.1) is 6.92 Å². The number of aryl methyl sites for hydroxylation is 1. The Morgan fingerprint density at radius 3 is 2.58 bits per heavy atom. The van der Waals surface area contributed by atoms with Crippen molar-refractivity contribution < 1.29 is 14.3 Å². The van der Waals surface area contributed by atoms with Crippen LogP contribution in [-0.2, 0) is 9.53 Å². The number of likely N-dealkylation sites (tertiary alicyclic amines) is 1. The Morgan fingerprint density at radius 2 is 1.85 bits per heavy atom. The number of aromatic nitrogens is 1. The van der Waals surface area contributed by atoms with Gasteiger partial charge in [-0.15, -0.1) is 0 Å². The summed E-state index contributed by atoms with van der Waals surface area (Å²) in [5, 5.41) is 0.576. The molecule has 6 heteroatoms. The largest absolute Gasteiger partial charge is 0.452 e. The monoisotopic (exact) mass is 370 g/mol. The average Bonchev–Trinajstić information content (AvgIpc) is 2.68. The van der Waals surface area contributed by atoms with Crippen molar-refractivity contribution in [1.29, 1.82) is 0 Å². The van der Waals surface area contributed by atoms with E-state index in [1.165, 1.54) is 17.3 Å². The molecule has 1 aliphatic rings. The Bertz CT molecular complexity index is 771. The zero-order valence-electron chi connectivity index (χ0n) is 14.8. The number of carbonyl (C=O) groups excluding carboxylic acids is 2. The number of carbonyl (C=O) groups is 2. The van der Waals surface area contributed by atoms with E-state index in [0.29, 0.717) is 10.6 Å². The van der Waals surface area contributed by atoms with Gasteiger partial charge in [-0.2, -0.15) is 0 Å². The summed E-state index contributed by atoms with van der Waals surface area (Å²) in [5.74, 6) is -0.646. The average molecular weight is 370 g/mol. The molecule has 5 nitrogen and oxygen atoms in total. The molecule has 2 aromatic rings. The highest BCUT2D eigenvalue weighted by molar-refractivity contribution is 7.99. The highest BCUT2D eigenvalue weighted by Gasteiger charge is 2.20. The number of amides is 1. The first-order valence-electron chi connectivity index (χ1n) is 8.78. The van der Waals surface area contributed by atoms with Crippen LogP contribution in [0.1, 0.15) is 35.2 Å². The molecule has 0 N–H and O–H groups in total. The van der Waals surface area contributed by atoms with Crippen LogP contribution in [0.5, 0.6) is 0 Å². The third-order valence-corrected chi connectivity index (χ3v) is 5.29. The number of benzene rings is 1. The molecule has 1 fully saturated rings. The van der Waals surface area contributed by atoms with Gasteiger partial charge in [-0.3, -0.25) is 4.79 Å². The van der Waals surface area contributed by atoms with Gasteiger partial charge in [-0.25, -0.2) is 9.78 Å². The zero-order chi connectivity index (χ0) is 18.4. The predicted molar refractivity (Wildman–Crippen MR) is 100 cm³/mol. The van der Waals surface area contributed by atoms with Gasteiger partial charge in [0.1, 0.15) is 5.03 Å². The number of ether oxygens (including phenoxy) is 1. The second-order valence-corrected chi connectivity index (χ2v) is 7.35. The molecular formula is C20H22N2O3S. The first-order chi connectivity index (χ1) is 12.6. The summed E-state index contributed by atoms with van der Waals surface area (Å²) in [6, 6.07) is 11.4. The summed E-state index contributed by atoms with van der Waals surface area (Å²) in [7, 11) is 0. The predicted octanol–water partition coefficient (Wildman–Crippen LogP) is 3.71. The fraction of sp³-hybridized carbons (Fsp3) is 0.350. The minimum Gasteiger partial charge on any atom is -0.452 e. The van der Waals surface area contributed by atoms with E-state index in [9.17, 15) is 9.59 Å². The Labute approximate surface area is 157 Å². The zero-order valence-corrected chi connectivity index (χ0v) is 15.6. The summed E-state index contributed by atoms with van der Waals surface area (Å²) in [6.07, 6.45) is 4.82. The van der Waals surface area contributed by atoms with E-state index in [4.69, 9.17) is 4.74 Å². The minimum absolute atomic E-state index is 0.130. The van der Waals surface area contributed by atoms with Crippen molar-refractivity contribution in [2.75, 3.05) is 19.7 Å². The lowest BCUT2D eigenvalue weighted by Gasteiger charge is -2.26. The number of pyridine rings is 1. The number of nitrogens with zero attached hydrogens (tertiary/aromatic N) is 2. The molecule has 0 saturated carbocycles. The maximum absolute atomic E-state index is 12.5. The standard InChI is InChI=1S/C20H22N2O3S/c1-15-7-9-16(10-8-15)26-19-17(6-5-11-21-19)20(24)25-14-18(23)22-12-3-2-4-13-22/h5-11H,2-4,12-14H2,1H3. The Hall–Kier alpha value is -2.34. The normalized spacial score (nSPS) is 14.1. The number of hydrogen-bond acceptors (Lipinski definition) is 5. The Morgan fingerprint density at radius 1 is 1.12 bits per heavy atom. The molecule has 136 valence electrons. The molecule has 1 aromatic carbocycles. The molecule has 0 unspecified atom stereocenters. The van der Waals surface area contributed by atoms with Crippen LogP contribution in [-0.4, -0.2) is 41.5 Å². The van der Waals surface area contributed by atoms with Gasteiger partial charge in [0.25, 0.3) is 5.91 Å². The minimum atomic E-state index is -0.516. The van der Waals surface area contributed by atoms with E-state index in [1.54, 1.807) is 23.2 Å². The van der Waals surface area contributed by atoms with E-state index < -0.39 is 5.97 Å².